The lowest BCUT2D eigenvalue weighted by Crippen LogP contribution is -1.99. The number of methoxy groups -OCH3 is 1. The Bertz CT molecular complexity index is 886. The first-order valence-corrected chi connectivity index (χ1v) is 7.99. The number of hydrogen-bond acceptors (Lipinski definition) is 7. The van der Waals surface area contributed by atoms with E-state index in [1.54, 1.807) is 26.5 Å². The summed E-state index contributed by atoms with van der Waals surface area (Å²) < 4.78 is 11.0. The number of rotatable bonds is 7. The minimum atomic E-state index is 0.435. The highest BCUT2D eigenvalue weighted by molar-refractivity contribution is 5.56. The van der Waals surface area contributed by atoms with E-state index in [-0.39, 0.29) is 0 Å². The van der Waals surface area contributed by atoms with Crippen LogP contribution in [0.25, 0.3) is 0 Å². The lowest BCUT2D eigenvalue weighted by Gasteiger charge is -2.11. The van der Waals surface area contributed by atoms with Crippen molar-refractivity contribution in [1.29, 1.82) is 0 Å². The van der Waals surface area contributed by atoms with Crippen molar-refractivity contribution < 1.29 is 14.3 Å². The maximum Gasteiger partial charge on any atom is 0.230 e. The fourth-order valence-corrected chi connectivity index (χ4v) is 2.33. The van der Waals surface area contributed by atoms with E-state index in [2.05, 4.69) is 20.8 Å². The summed E-state index contributed by atoms with van der Waals surface area (Å²) in [5.41, 5.74) is 5.51. The Hall–Kier alpha value is -3.32. The van der Waals surface area contributed by atoms with Crippen LogP contribution in [0.1, 0.15) is 5.56 Å². The molecule has 0 bridgehead atoms. The van der Waals surface area contributed by atoms with Gasteiger partial charge in [-0.3, -0.25) is 10.3 Å². The van der Waals surface area contributed by atoms with Crippen molar-refractivity contribution in [2.45, 2.75) is 6.92 Å². The van der Waals surface area contributed by atoms with Gasteiger partial charge in [0.05, 0.1) is 19.9 Å². The average molecular weight is 352 g/mol. The molecule has 7 nitrogen and oxygen atoms in total. The molecule has 0 saturated carbocycles. The average Bonchev–Trinajstić information content (AvgIpc) is 2.64. The Balaban J connectivity index is 1.74. The number of aryl methyl sites for hydroxylation is 1. The second-order valence-electron chi connectivity index (χ2n) is 5.46. The molecule has 0 aliphatic rings. The van der Waals surface area contributed by atoms with E-state index in [0.29, 0.717) is 17.6 Å². The second-order valence-corrected chi connectivity index (χ2v) is 5.46. The number of ether oxygens (including phenoxy) is 2. The van der Waals surface area contributed by atoms with Gasteiger partial charge in [-0.25, -0.2) is 4.98 Å². The first-order chi connectivity index (χ1) is 12.7. The van der Waals surface area contributed by atoms with Crippen molar-refractivity contribution >= 4 is 17.3 Å². The Morgan fingerprint density at radius 1 is 0.962 bits per heavy atom. The lowest BCUT2D eigenvalue weighted by molar-refractivity contribution is 0.270. The van der Waals surface area contributed by atoms with Gasteiger partial charge >= 0.3 is 0 Å². The van der Waals surface area contributed by atoms with Gasteiger partial charge in [-0.2, -0.15) is 4.98 Å². The predicted octanol–water partition coefficient (Wildman–Crippen LogP) is 4.30. The third-order valence-electron chi connectivity index (χ3n) is 3.59. The molecule has 3 rings (SSSR count). The lowest BCUT2D eigenvalue weighted by atomic mass is 10.2. The zero-order chi connectivity index (χ0) is 18.4. The first kappa shape index (κ1) is 17.5. The fraction of sp³-hybridized carbons (Fsp3) is 0.158. The third kappa shape index (κ3) is 4.40. The fourth-order valence-electron chi connectivity index (χ4n) is 2.33. The van der Waals surface area contributed by atoms with Crippen molar-refractivity contribution in [1.82, 2.24) is 9.97 Å². The van der Waals surface area contributed by atoms with E-state index in [1.165, 1.54) is 0 Å². The van der Waals surface area contributed by atoms with E-state index in [1.807, 2.05) is 49.4 Å². The van der Waals surface area contributed by atoms with Crippen LogP contribution in [-0.4, -0.2) is 24.2 Å². The van der Waals surface area contributed by atoms with Gasteiger partial charge in [-0.1, -0.05) is 6.07 Å². The second kappa shape index (κ2) is 8.17. The molecular weight excluding hydrogens is 332 g/mol. The number of hydrogen-bond donors (Lipinski definition) is 2. The number of aromatic nitrogens is 2. The summed E-state index contributed by atoms with van der Waals surface area (Å²) in [4.78, 5) is 13.5. The van der Waals surface area contributed by atoms with Crippen LogP contribution in [0.5, 0.6) is 17.4 Å². The zero-order valence-corrected chi connectivity index (χ0v) is 14.8. The molecule has 2 N–H and O–H groups in total. The normalized spacial score (nSPS) is 10.3. The molecule has 7 heteroatoms. The van der Waals surface area contributed by atoms with E-state index in [9.17, 15) is 0 Å². The highest BCUT2D eigenvalue weighted by atomic mass is 16.6. The van der Waals surface area contributed by atoms with E-state index < -0.39 is 0 Å². The molecule has 134 valence electrons. The molecule has 0 aliphatic heterocycles. The molecule has 0 amide bonds. The van der Waals surface area contributed by atoms with Crippen molar-refractivity contribution in [2.24, 2.45) is 0 Å². The van der Waals surface area contributed by atoms with Crippen molar-refractivity contribution in [2.75, 3.05) is 25.0 Å². The molecule has 3 aromatic rings. The van der Waals surface area contributed by atoms with Crippen LogP contribution in [0.3, 0.4) is 0 Å². The molecule has 0 saturated heterocycles. The Kier molecular flexibility index (Phi) is 5.50. The van der Waals surface area contributed by atoms with E-state index >= 15 is 0 Å². The van der Waals surface area contributed by atoms with Gasteiger partial charge in [0.1, 0.15) is 11.5 Å². The van der Waals surface area contributed by atoms with Crippen LogP contribution in [0, 0.1) is 6.92 Å². The molecular formula is C19H20N4O3. The van der Waals surface area contributed by atoms with Crippen molar-refractivity contribution in [3.05, 3.63) is 60.3 Å². The van der Waals surface area contributed by atoms with Gasteiger partial charge in [0.15, 0.2) is 0 Å². The van der Waals surface area contributed by atoms with Gasteiger partial charge in [0.25, 0.3) is 0 Å². The van der Waals surface area contributed by atoms with Gasteiger partial charge in [0, 0.05) is 24.0 Å². The summed E-state index contributed by atoms with van der Waals surface area (Å²) in [6.07, 6.45) is 1.64. The largest absolute Gasteiger partial charge is 0.497 e. The van der Waals surface area contributed by atoms with E-state index in [0.717, 1.165) is 22.7 Å². The van der Waals surface area contributed by atoms with Crippen LogP contribution < -0.4 is 20.3 Å². The molecule has 0 fully saturated rings. The van der Waals surface area contributed by atoms with Crippen LogP contribution in [0.4, 0.5) is 17.3 Å². The number of anilines is 3. The molecule has 0 atom stereocenters. The summed E-state index contributed by atoms with van der Waals surface area (Å²) in [5.74, 6) is 2.31. The summed E-state index contributed by atoms with van der Waals surface area (Å²) in [5, 5.41) is 3.13. The van der Waals surface area contributed by atoms with Crippen LogP contribution in [0.2, 0.25) is 0 Å². The Labute approximate surface area is 151 Å². The summed E-state index contributed by atoms with van der Waals surface area (Å²) >= 11 is 0. The number of nitrogens with zero attached hydrogens (tertiary/aromatic N) is 2. The molecule has 1 heterocycles. The van der Waals surface area contributed by atoms with Gasteiger partial charge in [-0.15, -0.1) is 0 Å². The molecule has 0 spiro atoms. The molecule has 0 aliphatic carbocycles. The molecule has 0 unspecified atom stereocenters. The zero-order valence-electron chi connectivity index (χ0n) is 14.8. The minimum Gasteiger partial charge on any atom is -0.497 e. The SMILES string of the molecule is CONc1ccc(Oc2ccnc(Nc3cccc(OC)c3)n2)cc1C. The third-order valence-corrected chi connectivity index (χ3v) is 3.59. The van der Waals surface area contributed by atoms with Crippen LogP contribution >= 0.6 is 0 Å². The number of benzene rings is 2. The van der Waals surface area contributed by atoms with Gasteiger partial charge in [-0.05, 0) is 42.8 Å². The smallest absolute Gasteiger partial charge is 0.230 e. The molecule has 0 radical (unpaired) electrons. The van der Waals surface area contributed by atoms with Gasteiger partial charge in [0.2, 0.25) is 11.8 Å². The predicted molar refractivity (Wildman–Crippen MR) is 100 cm³/mol. The minimum absolute atomic E-state index is 0.435. The maximum absolute atomic E-state index is 5.83. The van der Waals surface area contributed by atoms with Crippen molar-refractivity contribution in [3.63, 3.8) is 0 Å². The summed E-state index contributed by atoms with van der Waals surface area (Å²) in [6.45, 7) is 1.96. The highest BCUT2D eigenvalue weighted by Gasteiger charge is 2.05. The molecule has 2 aromatic carbocycles. The molecule has 26 heavy (non-hydrogen) atoms. The monoisotopic (exact) mass is 352 g/mol. The van der Waals surface area contributed by atoms with Gasteiger partial charge < -0.3 is 14.8 Å². The Morgan fingerprint density at radius 2 is 1.85 bits per heavy atom. The van der Waals surface area contributed by atoms with E-state index in [4.69, 9.17) is 14.3 Å². The topological polar surface area (TPSA) is 77.5 Å². The Morgan fingerprint density at radius 3 is 2.62 bits per heavy atom. The van der Waals surface area contributed by atoms with Crippen LogP contribution in [-0.2, 0) is 4.84 Å². The standard InChI is InChI=1S/C19H20N4O3/c1-13-11-16(7-8-17(13)23-25-3)26-18-9-10-20-19(22-18)21-14-5-4-6-15(12-14)24-2/h4-12,23H,1-3H3,(H,20,21,22). The first-order valence-electron chi connectivity index (χ1n) is 7.99. The number of nitrogens with one attached hydrogen (secondary N) is 2. The maximum atomic E-state index is 5.83. The quantitative estimate of drug-likeness (QED) is 0.614. The summed E-state index contributed by atoms with van der Waals surface area (Å²) in [7, 11) is 3.20. The highest BCUT2D eigenvalue weighted by Crippen LogP contribution is 2.26. The summed E-state index contributed by atoms with van der Waals surface area (Å²) in [6, 6.07) is 14.9. The van der Waals surface area contributed by atoms with Crippen molar-refractivity contribution in [3.8, 4) is 17.4 Å². The molecule has 1 aromatic heterocycles. The van der Waals surface area contributed by atoms with Crippen LogP contribution in [0.15, 0.2) is 54.7 Å².